The first-order chi connectivity index (χ1) is 16.0. The standard InChI is InChI=1S/C28H29NO4/c1-17-14-21-26(28(32)29(2)27(21)31)22-16-33-24(25(17)22)13-12-19(18-8-4-3-5-9-18)15-20-10-6-7-11-23(20)30/h3-11,15,21-22,24,26,30H,12-14,16H2,1-2H3/b19-15-/t21-,22+,24-,26-/m1/s1. The molecule has 5 rings (SSSR count). The number of amides is 2. The largest absolute Gasteiger partial charge is 0.507 e. The Morgan fingerprint density at radius 1 is 1.06 bits per heavy atom. The lowest BCUT2D eigenvalue weighted by molar-refractivity contribution is -0.138. The molecule has 0 aromatic heterocycles. The van der Waals surface area contributed by atoms with Crippen molar-refractivity contribution in [1.82, 2.24) is 4.90 Å². The molecular formula is C28H29NO4. The summed E-state index contributed by atoms with van der Waals surface area (Å²) in [6, 6.07) is 17.5. The Bertz CT molecular complexity index is 1150. The number of carbonyl (C=O) groups is 2. The van der Waals surface area contributed by atoms with Crippen LogP contribution in [0.2, 0.25) is 0 Å². The minimum atomic E-state index is -0.281. The van der Waals surface area contributed by atoms with Crippen molar-refractivity contribution < 1.29 is 19.4 Å². The molecule has 5 heteroatoms. The van der Waals surface area contributed by atoms with Crippen molar-refractivity contribution in [3.8, 4) is 5.75 Å². The Morgan fingerprint density at radius 3 is 2.55 bits per heavy atom. The zero-order valence-electron chi connectivity index (χ0n) is 19.0. The molecule has 3 aliphatic rings. The number of rotatable bonds is 5. The summed E-state index contributed by atoms with van der Waals surface area (Å²) in [5.41, 5.74) is 5.45. The van der Waals surface area contributed by atoms with Gasteiger partial charge in [0.05, 0.1) is 24.5 Å². The molecule has 2 heterocycles. The van der Waals surface area contributed by atoms with Crippen molar-refractivity contribution in [2.24, 2.45) is 17.8 Å². The Labute approximate surface area is 194 Å². The number of phenols is 1. The molecule has 0 radical (unpaired) electrons. The van der Waals surface area contributed by atoms with Gasteiger partial charge in [0, 0.05) is 18.5 Å². The smallest absolute Gasteiger partial charge is 0.233 e. The minimum absolute atomic E-state index is 0.00234. The van der Waals surface area contributed by atoms with Crippen molar-refractivity contribution in [3.05, 3.63) is 76.9 Å². The van der Waals surface area contributed by atoms with Crippen molar-refractivity contribution >= 4 is 23.5 Å². The maximum atomic E-state index is 12.8. The van der Waals surface area contributed by atoms with Gasteiger partial charge >= 0.3 is 0 Å². The van der Waals surface area contributed by atoms with Crippen LogP contribution in [0.3, 0.4) is 0 Å². The van der Waals surface area contributed by atoms with E-state index in [2.05, 4.69) is 19.1 Å². The van der Waals surface area contributed by atoms with Crippen LogP contribution in [0, 0.1) is 17.8 Å². The summed E-state index contributed by atoms with van der Waals surface area (Å²) in [5.74, 6) is -0.375. The van der Waals surface area contributed by atoms with E-state index >= 15 is 0 Å². The SMILES string of the molecule is CC1=C2[C@@H](CC/C(=C/c3ccccc3O)c3ccccc3)OC[C@@H]2[C@@H]2C(=O)N(C)C(=O)[C@@H]2C1. The number of fused-ring (bicyclic) bond motifs is 3. The van der Waals surface area contributed by atoms with Gasteiger partial charge in [0.1, 0.15) is 5.75 Å². The molecule has 2 aliphatic heterocycles. The first-order valence-electron chi connectivity index (χ1n) is 11.6. The third-order valence-electron chi connectivity index (χ3n) is 7.46. The molecule has 5 nitrogen and oxygen atoms in total. The molecule has 2 saturated heterocycles. The topological polar surface area (TPSA) is 66.8 Å². The zero-order valence-corrected chi connectivity index (χ0v) is 19.0. The van der Waals surface area contributed by atoms with Crippen LogP contribution >= 0.6 is 0 Å². The number of benzene rings is 2. The molecule has 4 atom stereocenters. The van der Waals surface area contributed by atoms with Gasteiger partial charge < -0.3 is 9.84 Å². The molecule has 0 unspecified atom stereocenters. The van der Waals surface area contributed by atoms with Crippen LogP contribution in [0.1, 0.15) is 37.3 Å². The van der Waals surface area contributed by atoms with Crippen LogP contribution in [0.4, 0.5) is 0 Å². The molecule has 0 bridgehead atoms. The van der Waals surface area contributed by atoms with Crippen LogP contribution < -0.4 is 0 Å². The maximum absolute atomic E-state index is 12.8. The maximum Gasteiger partial charge on any atom is 0.233 e. The van der Waals surface area contributed by atoms with Gasteiger partial charge in [0.25, 0.3) is 0 Å². The molecule has 2 aromatic rings. The highest BCUT2D eigenvalue weighted by Gasteiger charge is 2.55. The summed E-state index contributed by atoms with van der Waals surface area (Å²) in [4.78, 5) is 26.6. The minimum Gasteiger partial charge on any atom is -0.507 e. The van der Waals surface area contributed by atoms with Crippen LogP contribution in [-0.2, 0) is 14.3 Å². The van der Waals surface area contributed by atoms with E-state index in [0.29, 0.717) is 13.0 Å². The molecule has 0 spiro atoms. The average molecular weight is 444 g/mol. The number of nitrogens with zero attached hydrogens (tertiary/aromatic N) is 1. The van der Waals surface area contributed by atoms with Crippen molar-refractivity contribution in [1.29, 1.82) is 0 Å². The number of ether oxygens (including phenoxy) is 1. The van der Waals surface area contributed by atoms with Gasteiger partial charge in [-0.2, -0.15) is 0 Å². The number of para-hydroxylation sites is 1. The number of allylic oxidation sites excluding steroid dienone is 2. The fourth-order valence-corrected chi connectivity index (χ4v) is 5.82. The highest BCUT2D eigenvalue weighted by atomic mass is 16.5. The van der Waals surface area contributed by atoms with Crippen LogP contribution in [0.5, 0.6) is 5.75 Å². The Morgan fingerprint density at radius 2 is 1.79 bits per heavy atom. The Balaban J connectivity index is 1.40. The third kappa shape index (κ3) is 3.80. The molecule has 2 aromatic carbocycles. The van der Waals surface area contributed by atoms with Crippen LogP contribution in [0.25, 0.3) is 11.6 Å². The first-order valence-corrected chi connectivity index (χ1v) is 11.6. The number of imide groups is 1. The van der Waals surface area contributed by atoms with E-state index in [1.165, 1.54) is 16.0 Å². The first kappa shape index (κ1) is 21.7. The second-order valence-electron chi connectivity index (χ2n) is 9.37. The third-order valence-corrected chi connectivity index (χ3v) is 7.46. The van der Waals surface area contributed by atoms with Gasteiger partial charge in [-0.1, -0.05) is 54.1 Å². The molecular weight excluding hydrogens is 414 g/mol. The summed E-state index contributed by atoms with van der Waals surface area (Å²) in [6.07, 6.45) is 4.19. The van der Waals surface area contributed by atoms with E-state index in [1.54, 1.807) is 13.1 Å². The van der Waals surface area contributed by atoms with E-state index < -0.39 is 0 Å². The average Bonchev–Trinajstić information content (AvgIpc) is 3.34. The van der Waals surface area contributed by atoms with Crippen molar-refractivity contribution in [2.75, 3.05) is 13.7 Å². The van der Waals surface area contributed by atoms with Gasteiger partial charge in [0.15, 0.2) is 0 Å². The molecule has 2 amide bonds. The Kier molecular flexibility index (Phi) is 5.67. The molecule has 2 fully saturated rings. The second-order valence-corrected chi connectivity index (χ2v) is 9.37. The number of likely N-dealkylation sites (tertiary alicyclic amines) is 1. The lowest BCUT2D eigenvalue weighted by atomic mass is 9.70. The zero-order chi connectivity index (χ0) is 23.1. The fraction of sp³-hybridized carbons (Fsp3) is 0.357. The van der Waals surface area contributed by atoms with E-state index in [0.717, 1.165) is 29.5 Å². The number of aromatic hydroxyl groups is 1. The van der Waals surface area contributed by atoms with Gasteiger partial charge in [0.2, 0.25) is 11.8 Å². The number of hydrogen-bond donors (Lipinski definition) is 1. The summed E-state index contributed by atoms with van der Waals surface area (Å²) < 4.78 is 6.24. The van der Waals surface area contributed by atoms with E-state index in [4.69, 9.17) is 4.74 Å². The highest BCUT2D eigenvalue weighted by Crippen LogP contribution is 2.49. The Hall–Kier alpha value is -3.18. The fourth-order valence-electron chi connectivity index (χ4n) is 5.82. The predicted octanol–water partition coefficient (Wildman–Crippen LogP) is 4.68. The monoisotopic (exact) mass is 443 g/mol. The summed E-state index contributed by atoms with van der Waals surface area (Å²) >= 11 is 0. The van der Waals surface area contributed by atoms with Gasteiger partial charge in [-0.25, -0.2) is 0 Å². The quantitative estimate of drug-likeness (QED) is 0.414. The summed E-state index contributed by atoms with van der Waals surface area (Å²) in [5, 5.41) is 10.3. The second kappa shape index (κ2) is 8.64. The molecule has 1 aliphatic carbocycles. The lowest BCUT2D eigenvalue weighted by Crippen LogP contribution is -2.33. The van der Waals surface area contributed by atoms with Crippen molar-refractivity contribution in [2.45, 2.75) is 32.3 Å². The summed E-state index contributed by atoms with van der Waals surface area (Å²) in [7, 11) is 1.60. The molecule has 33 heavy (non-hydrogen) atoms. The number of phenolic OH excluding ortho intramolecular Hbond substituents is 1. The van der Waals surface area contributed by atoms with Crippen LogP contribution in [-0.4, -0.2) is 41.6 Å². The molecule has 1 N–H and O–H groups in total. The summed E-state index contributed by atoms with van der Waals surface area (Å²) in [6.45, 7) is 2.58. The molecule has 170 valence electrons. The van der Waals surface area contributed by atoms with Gasteiger partial charge in [-0.3, -0.25) is 14.5 Å². The van der Waals surface area contributed by atoms with Gasteiger partial charge in [-0.15, -0.1) is 0 Å². The van der Waals surface area contributed by atoms with Gasteiger partial charge in [-0.05, 0) is 55.0 Å². The van der Waals surface area contributed by atoms with E-state index in [9.17, 15) is 14.7 Å². The normalized spacial score (nSPS) is 27.2. The lowest BCUT2D eigenvalue weighted by Gasteiger charge is -2.30. The highest BCUT2D eigenvalue weighted by molar-refractivity contribution is 6.05. The molecule has 0 saturated carbocycles. The number of carbonyl (C=O) groups excluding carboxylic acids is 2. The van der Waals surface area contributed by atoms with E-state index in [-0.39, 0.29) is 41.4 Å². The van der Waals surface area contributed by atoms with E-state index in [1.807, 2.05) is 42.5 Å². The van der Waals surface area contributed by atoms with Crippen molar-refractivity contribution in [3.63, 3.8) is 0 Å². The number of hydrogen-bond acceptors (Lipinski definition) is 4. The van der Waals surface area contributed by atoms with Crippen LogP contribution in [0.15, 0.2) is 65.7 Å². The predicted molar refractivity (Wildman–Crippen MR) is 127 cm³/mol.